The van der Waals surface area contributed by atoms with Gasteiger partial charge in [-0.3, -0.25) is 4.79 Å². The number of nitrogens with zero attached hydrogens (tertiary/aromatic N) is 1. The Bertz CT molecular complexity index is 1180. The first-order valence-corrected chi connectivity index (χ1v) is 12.6. The van der Waals surface area contributed by atoms with Gasteiger partial charge in [-0.15, -0.1) is 0 Å². The SMILES string of the molecule is Cc1ccc(CN(CC(=O)NC(C)c2cccc(Br)c2)S(=O)(=O)c2ccc(C)cc2)cc1. The predicted molar refractivity (Wildman–Crippen MR) is 131 cm³/mol. The highest BCUT2D eigenvalue weighted by Crippen LogP contribution is 2.21. The summed E-state index contributed by atoms with van der Waals surface area (Å²) in [5.41, 5.74) is 3.80. The molecule has 32 heavy (non-hydrogen) atoms. The van der Waals surface area contributed by atoms with E-state index in [0.717, 1.165) is 26.7 Å². The fraction of sp³-hybridized carbons (Fsp3) is 0.240. The summed E-state index contributed by atoms with van der Waals surface area (Å²) in [6.45, 7) is 5.58. The summed E-state index contributed by atoms with van der Waals surface area (Å²) in [5, 5.41) is 2.92. The molecule has 7 heteroatoms. The molecular weight excluding hydrogens is 488 g/mol. The fourth-order valence-corrected chi connectivity index (χ4v) is 5.09. The maximum absolute atomic E-state index is 13.4. The van der Waals surface area contributed by atoms with Gasteiger partial charge in [0, 0.05) is 11.0 Å². The van der Waals surface area contributed by atoms with Crippen molar-refractivity contribution in [1.29, 1.82) is 0 Å². The quantitative estimate of drug-likeness (QED) is 0.452. The van der Waals surface area contributed by atoms with Crippen molar-refractivity contribution in [3.8, 4) is 0 Å². The molecule has 168 valence electrons. The van der Waals surface area contributed by atoms with Crippen LogP contribution < -0.4 is 5.32 Å². The molecule has 3 aromatic rings. The highest BCUT2D eigenvalue weighted by molar-refractivity contribution is 9.10. The molecule has 1 amide bonds. The Balaban J connectivity index is 1.83. The van der Waals surface area contributed by atoms with Gasteiger partial charge in [0.25, 0.3) is 0 Å². The zero-order valence-electron chi connectivity index (χ0n) is 18.4. The Labute approximate surface area is 198 Å². The first-order chi connectivity index (χ1) is 15.1. The lowest BCUT2D eigenvalue weighted by molar-refractivity contribution is -0.122. The normalized spacial score (nSPS) is 12.5. The summed E-state index contributed by atoms with van der Waals surface area (Å²) in [7, 11) is -3.86. The number of carbonyl (C=O) groups excluding carboxylic acids is 1. The average Bonchev–Trinajstić information content (AvgIpc) is 2.75. The summed E-state index contributed by atoms with van der Waals surface area (Å²) in [6, 6.07) is 21.7. The second-order valence-electron chi connectivity index (χ2n) is 7.92. The molecule has 0 radical (unpaired) electrons. The zero-order valence-corrected chi connectivity index (χ0v) is 20.8. The van der Waals surface area contributed by atoms with E-state index >= 15 is 0 Å². The summed E-state index contributed by atoms with van der Waals surface area (Å²) in [4.78, 5) is 13.0. The van der Waals surface area contributed by atoms with E-state index in [1.807, 2.05) is 69.3 Å². The first kappa shape index (κ1) is 24.2. The minimum absolute atomic E-state index is 0.106. The van der Waals surface area contributed by atoms with E-state index in [9.17, 15) is 13.2 Å². The topological polar surface area (TPSA) is 66.5 Å². The molecule has 0 aliphatic carbocycles. The van der Waals surface area contributed by atoms with Crippen LogP contribution in [0.4, 0.5) is 0 Å². The molecule has 0 saturated heterocycles. The Morgan fingerprint density at radius 2 is 1.56 bits per heavy atom. The second kappa shape index (κ2) is 10.4. The largest absolute Gasteiger partial charge is 0.348 e. The van der Waals surface area contributed by atoms with Crippen LogP contribution in [0.25, 0.3) is 0 Å². The maximum atomic E-state index is 13.4. The maximum Gasteiger partial charge on any atom is 0.243 e. The van der Waals surface area contributed by atoms with Gasteiger partial charge in [0.1, 0.15) is 0 Å². The molecular formula is C25H27BrN2O3S. The van der Waals surface area contributed by atoms with Crippen LogP contribution in [0.15, 0.2) is 82.2 Å². The molecule has 0 aliphatic rings. The van der Waals surface area contributed by atoms with Crippen LogP contribution in [-0.4, -0.2) is 25.2 Å². The number of aryl methyl sites for hydroxylation is 2. The molecule has 1 unspecified atom stereocenters. The number of rotatable bonds is 8. The predicted octanol–water partition coefficient (Wildman–Crippen LogP) is 5.13. The smallest absolute Gasteiger partial charge is 0.243 e. The highest BCUT2D eigenvalue weighted by Gasteiger charge is 2.27. The first-order valence-electron chi connectivity index (χ1n) is 10.3. The van der Waals surface area contributed by atoms with Crippen molar-refractivity contribution in [1.82, 2.24) is 9.62 Å². The highest BCUT2D eigenvalue weighted by atomic mass is 79.9. The summed E-state index contributed by atoms with van der Waals surface area (Å²) >= 11 is 3.44. The van der Waals surface area contributed by atoms with Crippen molar-refractivity contribution in [2.24, 2.45) is 0 Å². The molecule has 0 saturated carbocycles. The number of nitrogens with one attached hydrogen (secondary N) is 1. The molecule has 1 atom stereocenters. The van der Waals surface area contributed by atoms with E-state index in [-0.39, 0.29) is 29.9 Å². The molecule has 3 aromatic carbocycles. The number of sulfonamides is 1. The Kier molecular flexibility index (Phi) is 7.87. The van der Waals surface area contributed by atoms with E-state index in [1.165, 1.54) is 4.31 Å². The molecule has 1 N–H and O–H groups in total. The van der Waals surface area contributed by atoms with E-state index in [0.29, 0.717) is 0 Å². The van der Waals surface area contributed by atoms with Crippen molar-refractivity contribution in [2.45, 2.75) is 38.3 Å². The van der Waals surface area contributed by atoms with Gasteiger partial charge in [-0.25, -0.2) is 8.42 Å². The lowest BCUT2D eigenvalue weighted by Crippen LogP contribution is -2.41. The van der Waals surface area contributed by atoms with Crippen molar-refractivity contribution in [2.75, 3.05) is 6.54 Å². The van der Waals surface area contributed by atoms with Gasteiger partial charge in [0.15, 0.2) is 0 Å². The third-order valence-corrected chi connectivity index (χ3v) is 7.48. The van der Waals surface area contributed by atoms with Gasteiger partial charge in [-0.1, -0.05) is 75.6 Å². The fourth-order valence-electron chi connectivity index (χ4n) is 3.29. The molecule has 0 aromatic heterocycles. The van der Waals surface area contributed by atoms with Crippen LogP contribution >= 0.6 is 15.9 Å². The lowest BCUT2D eigenvalue weighted by Gasteiger charge is -2.23. The van der Waals surface area contributed by atoms with Crippen LogP contribution in [0.5, 0.6) is 0 Å². The van der Waals surface area contributed by atoms with Gasteiger partial charge in [0.2, 0.25) is 15.9 Å². The van der Waals surface area contributed by atoms with Crippen molar-refractivity contribution in [3.05, 3.63) is 99.5 Å². The van der Waals surface area contributed by atoms with Gasteiger partial charge >= 0.3 is 0 Å². The molecule has 0 bridgehead atoms. The minimum Gasteiger partial charge on any atom is -0.348 e. The van der Waals surface area contributed by atoms with Gasteiger partial charge in [0.05, 0.1) is 17.5 Å². The van der Waals surface area contributed by atoms with Crippen molar-refractivity contribution < 1.29 is 13.2 Å². The molecule has 0 fully saturated rings. The molecule has 0 spiro atoms. The monoisotopic (exact) mass is 514 g/mol. The Morgan fingerprint density at radius 3 is 2.16 bits per heavy atom. The summed E-state index contributed by atoms with van der Waals surface area (Å²) < 4.78 is 28.9. The number of hydrogen-bond donors (Lipinski definition) is 1. The third kappa shape index (κ3) is 6.28. The lowest BCUT2D eigenvalue weighted by atomic mass is 10.1. The van der Waals surface area contributed by atoms with E-state index in [2.05, 4.69) is 21.2 Å². The number of amides is 1. The number of benzene rings is 3. The molecule has 0 aliphatic heterocycles. The van der Waals surface area contributed by atoms with E-state index in [4.69, 9.17) is 0 Å². The average molecular weight is 515 g/mol. The van der Waals surface area contributed by atoms with Gasteiger partial charge in [-0.05, 0) is 56.2 Å². The number of halogens is 1. The van der Waals surface area contributed by atoms with Gasteiger partial charge < -0.3 is 5.32 Å². The zero-order chi connectivity index (χ0) is 23.3. The van der Waals surface area contributed by atoms with Crippen LogP contribution in [0.2, 0.25) is 0 Å². The summed E-state index contributed by atoms with van der Waals surface area (Å²) in [6.07, 6.45) is 0. The Hall–Kier alpha value is -2.48. The number of hydrogen-bond acceptors (Lipinski definition) is 3. The third-order valence-electron chi connectivity index (χ3n) is 5.18. The van der Waals surface area contributed by atoms with Crippen molar-refractivity contribution >= 4 is 31.9 Å². The molecule has 0 heterocycles. The van der Waals surface area contributed by atoms with Crippen LogP contribution in [-0.2, 0) is 21.4 Å². The van der Waals surface area contributed by atoms with E-state index in [1.54, 1.807) is 24.3 Å². The van der Waals surface area contributed by atoms with Crippen LogP contribution in [0, 0.1) is 13.8 Å². The Morgan fingerprint density at radius 1 is 0.969 bits per heavy atom. The second-order valence-corrected chi connectivity index (χ2v) is 10.8. The van der Waals surface area contributed by atoms with Gasteiger partial charge in [-0.2, -0.15) is 4.31 Å². The standard InChI is InChI=1S/C25H27BrN2O3S/c1-18-7-11-21(12-8-18)16-28(32(30,31)24-13-9-19(2)10-14-24)17-25(29)27-20(3)22-5-4-6-23(26)15-22/h4-15,20H,16-17H2,1-3H3,(H,27,29). The van der Waals surface area contributed by atoms with Crippen molar-refractivity contribution in [3.63, 3.8) is 0 Å². The van der Waals surface area contributed by atoms with E-state index < -0.39 is 10.0 Å². The van der Waals surface area contributed by atoms with Crippen LogP contribution in [0.3, 0.4) is 0 Å². The summed E-state index contributed by atoms with van der Waals surface area (Å²) in [5.74, 6) is -0.361. The number of carbonyl (C=O) groups is 1. The minimum atomic E-state index is -3.86. The molecule has 3 rings (SSSR count). The molecule has 5 nitrogen and oxygen atoms in total. The van der Waals surface area contributed by atoms with Crippen LogP contribution in [0.1, 0.15) is 35.2 Å².